The van der Waals surface area contributed by atoms with Gasteiger partial charge in [-0.05, 0) is 19.3 Å². The molecule has 7 heteroatoms. The molecule has 1 heterocycles. The predicted octanol–water partition coefficient (Wildman–Crippen LogP) is 1.06. The van der Waals surface area contributed by atoms with Gasteiger partial charge in [-0.15, -0.1) is 11.8 Å². The Balaban J connectivity index is 1.83. The van der Waals surface area contributed by atoms with Gasteiger partial charge in [0.15, 0.2) is 9.84 Å². The van der Waals surface area contributed by atoms with E-state index in [-0.39, 0.29) is 35.3 Å². The number of carbonyl (C=O) groups excluding carboxylic acids is 1. The molecule has 2 aliphatic rings. The zero-order valence-electron chi connectivity index (χ0n) is 12.4. The first-order chi connectivity index (χ1) is 10.0. The fourth-order valence-electron chi connectivity index (χ4n) is 3.18. The summed E-state index contributed by atoms with van der Waals surface area (Å²) in [6.45, 7) is 0.387. The molecule has 0 spiro atoms. The van der Waals surface area contributed by atoms with E-state index in [1.807, 2.05) is 4.90 Å². The molecule has 1 saturated heterocycles. The molecule has 0 aromatic rings. The third-order valence-corrected chi connectivity index (χ3v) is 7.58. The van der Waals surface area contributed by atoms with Gasteiger partial charge in [-0.2, -0.15) is 0 Å². The van der Waals surface area contributed by atoms with Crippen molar-refractivity contribution in [2.45, 2.75) is 49.8 Å². The summed E-state index contributed by atoms with van der Waals surface area (Å²) >= 11 is 1.46. The van der Waals surface area contributed by atoms with Crippen LogP contribution in [0.1, 0.15) is 38.5 Å². The molecule has 2 fully saturated rings. The molecular weight excluding hydrogens is 310 g/mol. The number of amides is 1. The number of aliphatic hydroxyl groups is 1. The molecule has 21 heavy (non-hydrogen) atoms. The molecular formula is C14H25NO4S2. The molecule has 2 rings (SSSR count). The average Bonchev–Trinajstić information content (AvgIpc) is 2.82. The van der Waals surface area contributed by atoms with Gasteiger partial charge in [0.1, 0.15) is 0 Å². The van der Waals surface area contributed by atoms with Gasteiger partial charge in [-0.3, -0.25) is 4.79 Å². The normalized spacial score (nSPS) is 25.9. The van der Waals surface area contributed by atoms with Crippen molar-refractivity contribution in [1.82, 2.24) is 4.90 Å². The minimum atomic E-state index is -2.88. The molecule has 1 aliphatic heterocycles. The Morgan fingerprint density at radius 3 is 2.48 bits per heavy atom. The van der Waals surface area contributed by atoms with Gasteiger partial charge in [-0.25, -0.2) is 8.42 Å². The van der Waals surface area contributed by atoms with Gasteiger partial charge in [0.25, 0.3) is 0 Å². The lowest BCUT2D eigenvalue weighted by Gasteiger charge is -2.34. The van der Waals surface area contributed by atoms with Crippen molar-refractivity contribution < 1.29 is 18.3 Å². The van der Waals surface area contributed by atoms with Crippen molar-refractivity contribution >= 4 is 27.5 Å². The van der Waals surface area contributed by atoms with Crippen LogP contribution in [0.25, 0.3) is 0 Å². The van der Waals surface area contributed by atoms with Crippen molar-refractivity contribution in [3.8, 4) is 0 Å². The number of rotatable bonds is 6. The second-order valence-corrected chi connectivity index (χ2v) is 9.46. The van der Waals surface area contributed by atoms with E-state index in [1.54, 1.807) is 0 Å². The lowest BCUT2D eigenvalue weighted by molar-refractivity contribution is -0.131. The molecule has 0 aromatic carbocycles. The first-order valence-electron chi connectivity index (χ1n) is 7.74. The lowest BCUT2D eigenvalue weighted by atomic mass is 9.94. The van der Waals surface area contributed by atoms with E-state index in [9.17, 15) is 18.3 Å². The van der Waals surface area contributed by atoms with Crippen LogP contribution in [0, 0.1) is 0 Å². The highest BCUT2D eigenvalue weighted by Crippen LogP contribution is 2.26. The number of hydrogen-bond acceptors (Lipinski definition) is 5. The van der Waals surface area contributed by atoms with Crippen LogP contribution in [-0.2, 0) is 14.6 Å². The van der Waals surface area contributed by atoms with Gasteiger partial charge in [0.2, 0.25) is 5.91 Å². The van der Waals surface area contributed by atoms with Gasteiger partial charge in [-0.1, -0.05) is 19.3 Å². The van der Waals surface area contributed by atoms with Crippen LogP contribution in [0.15, 0.2) is 0 Å². The minimum Gasteiger partial charge on any atom is -0.395 e. The second-order valence-electron chi connectivity index (χ2n) is 5.94. The molecule has 1 aliphatic carbocycles. The van der Waals surface area contributed by atoms with Crippen LogP contribution in [0.2, 0.25) is 0 Å². The Labute approximate surface area is 131 Å². The maximum atomic E-state index is 12.4. The SMILES string of the molecule is O=C(CSC1CCS(=O)(=O)C1)N(CCO)C1CCCCC1. The van der Waals surface area contributed by atoms with Crippen molar-refractivity contribution in [3.05, 3.63) is 0 Å². The second kappa shape index (κ2) is 7.83. The number of aliphatic hydroxyl groups excluding tert-OH is 1. The standard InChI is InChI=1S/C14H25NO4S2/c16-8-7-15(12-4-2-1-3-5-12)14(17)10-20-13-6-9-21(18,19)11-13/h12-13,16H,1-11H2. The molecule has 1 amide bonds. The van der Waals surface area contributed by atoms with Crippen LogP contribution in [0.3, 0.4) is 0 Å². The van der Waals surface area contributed by atoms with Crippen LogP contribution in [0.5, 0.6) is 0 Å². The summed E-state index contributed by atoms with van der Waals surface area (Å²) in [7, 11) is -2.88. The zero-order chi connectivity index (χ0) is 15.3. The highest BCUT2D eigenvalue weighted by molar-refractivity contribution is 8.02. The van der Waals surface area contributed by atoms with Gasteiger partial charge in [0, 0.05) is 17.8 Å². The highest BCUT2D eigenvalue weighted by atomic mass is 32.2. The summed E-state index contributed by atoms with van der Waals surface area (Å²) in [6, 6.07) is 0.256. The Bertz CT molecular complexity index is 446. The van der Waals surface area contributed by atoms with Gasteiger partial charge >= 0.3 is 0 Å². The Kier molecular flexibility index (Phi) is 6.37. The van der Waals surface area contributed by atoms with E-state index in [2.05, 4.69) is 0 Å². The fraction of sp³-hybridized carbons (Fsp3) is 0.929. The van der Waals surface area contributed by atoms with Crippen molar-refractivity contribution in [3.63, 3.8) is 0 Å². The summed E-state index contributed by atoms with van der Waals surface area (Å²) in [5.41, 5.74) is 0. The van der Waals surface area contributed by atoms with Gasteiger partial charge in [0.05, 0.1) is 23.9 Å². The number of nitrogens with zero attached hydrogens (tertiary/aromatic N) is 1. The van der Waals surface area contributed by atoms with E-state index in [1.165, 1.54) is 18.2 Å². The van der Waals surface area contributed by atoms with Crippen LogP contribution < -0.4 is 0 Å². The molecule has 1 N–H and O–H groups in total. The summed E-state index contributed by atoms with van der Waals surface area (Å²) in [4.78, 5) is 14.2. The molecule has 122 valence electrons. The van der Waals surface area contributed by atoms with Crippen molar-refractivity contribution in [2.24, 2.45) is 0 Å². The number of carbonyl (C=O) groups is 1. The quantitative estimate of drug-likeness (QED) is 0.785. The van der Waals surface area contributed by atoms with Crippen LogP contribution in [-0.4, -0.2) is 66.0 Å². The third kappa shape index (κ3) is 5.14. The topological polar surface area (TPSA) is 74.7 Å². The molecule has 0 aromatic heterocycles. The largest absolute Gasteiger partial charge is 0.395 e. The first kappa shape index (κ1) is 17.1. The van der Waals surface area contributed by atoms with E-state index in [4.69, 9.17) is 0 Å². The summed E-state index contributed by atoms with van der Waals surface area (Å²) in [5.74, 6) is 0.831. The van der Waals surface area contributed by atoms with E-state index >= 15 is 0 Å². The maximum absolute atomic E-state index is 12.4. The Morgan fingerprint density at radius 1 is 1.19 bits per heavy atom. The van der Waals surface area contributed by atoms with E-state index < -0.39 is 9.84 Å². The molecule has 5 nitrogen and oxygen atoms in total. The first-order valence-corrected chi connectivity index (χ1v) is 10.6. The maximum Gasteiger partial charge on any atom is 0.232 e. The lowest BCUT2D eigenvalue weighted by Crippen LogP contribution is -2.44. The van der Waals surface area contributed by atoms with Crippen molar-refractivity contribution in [2.75, 3.05) is 30.4 Å². The Morgan fingerprint density at radius 2 is 1.90 bits per heavy atom. The highest BCUT2D eigenvalue weighted by Gasteiger charge is 2.30. The summed E-state index contributed by atoms with van der Waals surface area (Å²) in [5, 5.41) is 9.24. The summed E-state index contributed by atoms with van der Waals surface area (Å²) < 4.78 is 22.9. The van der Waals surface area contributed by atoms with E-state index in [0.29, 0.717) is 18.7 Å². The predicted molar refractivity (Wildman–Crippen MR) is 85.2 cm³/mol. The molecule has 0 bridgehead atoms. The van der Waals surface area contributed by atoms with Crippen LogP contribution in [0.4, 0.5) is 0 Å². The number of thioether (sulfide) groups is 1. The number of sulfone groups is 1. The smallest absolute Gasteiger partial charge is 0.232 e. The molecule has 1 saturated carbocycles. The van der Waals surface area contributed by atoms with Crippen LogP contribution >= 0.6 is 11.8 Å². The molecule has 1 unspecified atom stereocenters. The molecule has 1 atom stereocenters. The zero-order valence-corrected chi connectivity index (χ0v) is 14.0. The van der Waals surface area contributed by atoms with Gasteiger partial charge < -0.3 is 10.0 Å². The summed E-state index contributed by atoms with van der Waals surface area (Å²) in [6.07, 6.45) is 6.22. The monoisotopic (exact) mass is 335 g/mol. The third-order valence-electron chi connectivity index (χ3n) is 4.31. The van der Waals surface area contributed by atoms with E-state index in [0.717, 1.165) is 25.7 Å². The number of hydrogen-bond donors (Lipinski definition) is 1. The fourth-order valence-corrected chi connectivity index (χ4v) is 6.70. The minimum absolute atomic E-state index is 0.00921. The van der Waals surface area contributed by atoms with Crippen molar-refractivity contribution in [1.29, 1.82) is 0 Å². The molecule has 0 radical (unpaired) electrons. The average molecular weight is 335 g/mol. The Hall–Kier alpha value is -0.270.